The van der Waals surface area contributed by atoms with Crippen LogP contribution in [0.2, 0.25) is 0 Å². The molecular formula is C21H31F2N3O5. The van der Waals surface area contributed by atoms with Crippen LogP contribution in [0.1, 0.15) is 20.3 Å². The van der Waals surface area contributed by atoms with Crippen molar-refractivity contribution in [2.75, 3.05) is 32.8 Å². The molecule has 2 N–H and O–H groups in total. The standard InChI is InChI=1S/C19H25F2N3O4.C2H6O/c1-13(2)6-18(19(27)28-3)23-16(11-25)10-22-4-5-24(12-26)17-8-14(20)7-15(21)9-17;1-3-2/h4-5,7-9,11-13,16,18,22-23H,6,10H2,1-3H3;1-2H3/b5-4-;. The summed E-state index contributed by atoms with van der Waals surface area (Å²) in [5, 5.41) is 5.71. The minimum Gasteiger partial charge on any atom is -0.468 e. The van der Waals surface area contributed by atoms with Crippen LogP contribution in [0, 0.1) is 17.6 Å². The number of methoxy groups -OCH3 is 2. The van der Waals surface area contributed by atoms with Crippen molar-refractivity contribution < 1.29 is 32.6 Å². The molecule has 0 bridgehead atoms. The van der Waals surface area contributed by atoms with Crippen molar-refractivity contribution in [2.24, 2.45) is 5.92 Å². The topological polar surface area (TPSA) is 97.0 Å². The van der Waals surface area contributed by atoms with Crippen LogP contribution in [-0.2, 0) is 23.9 Å². The average Bonchev–Trinajstić information content (AvgIpc) is 2.71. The number of aldehydes is 1. The van der Waals surface area contributed by atoms with Gasteiger partial charge in [0.25, 0.3) is 0 Å². The van der Waals surface area contributed by atoms with Gasteiger partial charge < -0.3 is 19.6 Å². The summed E-state index contributed by atoms with van der Waals surface area (Å²) in [6, 6.07) is 1.38. The molecule has 2 atom stereocenters. The van der Waals surface area contributed by atoms with Gasteiger partial charge in [0, 0.05) is 39.2 Å². The van der Waals surface area contributed by atoms with Crippen molar-refractivity contribution >= 4 is 24.4 Å². The summed E-state index contributed by atoms with van der Waals surface area (Å²) in [6.07, 6.45) is 4.14. The minimum atomic E-state index is -0.813. The summed E-state index contributed by atoms with van der Waals surface area (Å²) in [4.78, 5) is 35.2. The van der Waals surface area contributed by atoms with Gasteiger partial charge in [0.05, 0.1) is 18.8 Å². The summed E-state index contributed by atoms with van der Waals surface area (Å²) >= 11 is 0. The van der Waals surface area contributed by atoms with Gasteiger partial charge in [-0.05, 0) is 24.5 Å². The number of benzene rings is 1. The van der Waals surface area contributed by atoms with Crippen molar-refractivity contribution in [2.45, 2.75) is 32.4 Å². The lowest BCUT2D eigenvalue weighted by molar-refractivity contribution is -0.143. The Morgan fingerprint density at radius 3 is 2.16 bits per heavy atom. The number of halogens is 2. The molecule has 0 radical (unpaired) electrons. The highest BCUT2D eigenvalue weighted by atomic mass is 19.1. The Labute approximate surface area is 181 Å². The molecule has 174 valence electrons. The third-order valence-corrected chi connectivity index (χ3v) is 3.72. The first-order valence-corrected chi connectivity index (χ1v) is 9.51. The molecule has 0 spiro atoms. The fourth-order valence-corrected chi connectivity index (χ4v) is 2.45. The molecule has 10 heteroatoms. The monoisotopic (exact) mass is 443 g/mol. The molecule has 31 heavy (non-hydrogen) atoms. The Balaban J connectivity index is 0.00000282. The molecule has 1 aromatic rings. The second kappa shape index (κ2) is 15.9. The quantitative estimate of drug-likeness (QED) is 0.377. The number of nitrogens with zero attached hydrogens (tertiary/aromatic N) is 1. The molecule has 0 saturated carbocycles. The molecular weight excluding hydrogens is 412 g/mol. The molecule has 0 aliphatic rings. The Bertz CT molecular complexity index is 696. The van der Waals surface area contributed by atoms with E-state index in [0.717, 1.165) is 17.0 Å². The maximum atomic E-state index is 13.3. The zero-order chi connectivity index (χ0) is 23.8. The summed E-state index contributed by atoms with van der Waals surface area (Å²) in [5.41, 5.74) is 0.0123. The Hall–Kier alpha value is -2.85. The predicted molar refractivity (Wildman–Crippen MR) is 113 cm³/mol. The zero-order valence-corrected chi connectivity index (χ0v) is 18.4. The lowest BCUT2D eigenvalue weighted by Crippen LogP contribution is -2.48. The van der Waals surface area contributed by atoms with Crippen LogP contribution in [0.4, 0.5) is 14.5 Å². The lowest BCUT2D eigenvalue weighted by Gasteiger charge is -2.22. The fraction of sp³-hybridized carbons (Fsp3) is 0.476. The van der Waals surface area contributed by atoms with Crippen LogP contribution >= 0.6 is 0 Å². The van der Waals surface area contributed by atoms with E-state index >= 15 is 0 Å². The SMILES string of the molecule is COC.COC(=O)C(CC(C)C)NC(C=O)CN/C=C\N(C=O)c1cc(F)cc(F)c1. The van der Waals surface area contributed by atoms with Gasteiger partial charge in [0.2, 0.25) is 6.41 Å². The highest BCUT2D eigenvalue weighted by Crippen LogP contribution is 2.17. The maximum absolute atomic E-state index is 13.3. The first-order chi connectivity index (χ1) is 14.7. The molecule has 0 saturated heterocycles. The van der Waals surface area contributed by atoms with E-state index in [9.17, 15) is 23.2 Å². The normalized spacial score (nSPS) is 12.5. The van der Waals surface area contributed by atoms with E-state index in [4.69, 9.17) is 4.74 Å². The molecule has 0 aromatic heterocycles. The number of esters is 1. The summed E-state index contributed by atoms with van der Waals surface area (Å²) in [5.74, 6) is -1.87. The van der Waals surface area contributed by atoms with Crippen LogP contribution in [0.25, 0.3) is 0 Å². The smallest absolute Gasteiger partial charge is 0.322 e. The van der Waals surface area contributed by atoms with Crippen molar-refractivity contribution in [3.63, 3.8) is 0 Å². The maximum Gasteiger partial charge on any atom is 0.322 e. The third-order valence-electron chi connectivity index (χ3n) is 3.72. The number of hydrogen-bond acceptors (Lipinski definition) is 7. The van der Waals surface area contributed by atoms with Gasteiger partial charge in [-0.3, -0.25) is 19.8 Å². The van der Waals surface area contributed by atoms with E-state index < -0.39 is 29.7 Å². The number of nitrogens with one attached hydrogen (secondary N) is 2. The molecule has 8 nitrogen and oxygen atoms in total. The van der Waals surface area contributed by atoms with E-state index in [0.29, 0.717) is 25.2 Å². The van der Waals surface area contributed by atoms with Gasteiger partial charge >= 0.3 is 5.97 Å². The van der Waals surface area contributed by atoms with Gasteiger partial charge in [-0.1, -0.05) is 13.8 Å². The highest BCUT2D eigenvalue weighted by Gasteiger charge is 2.23. The number of anilines is 1. The van der Waals surface area contributed by atoms with Crippen molar-refractivity contribution in [3.8, 4) is 0 Å². The van der Waals surface area contributed by atoms with Crippen molar-refractivity contribution in [3.05, 3.63) is 42.2 Å². The van der Waals surface area contributed by atoms with Crippen molar-refractivity contribution in [1.82, 2.24) is 10.6 Å². The average molecular weight is 443 g/mol. The van der Waals surface area contributed by atoms with Crippen LogP contribution in [-0.4, -0.2) is 58.6 Å². The third kappa shape index (κ3) is 11.8. The molecule has 0 aliphatic heterocycles. The van der Waals surface area contributed by atoms with Gasteiger partial charge in [0.15, 0.2) is 0 Å². The molecule has 1 aromatic carbocycles. The number of rotatable bonds is 12. The van der Waals surface area contributed by atoms with Crippen molar-refractivity contribution in [1.29, 1.82) is 0 Å². The van der Waals surface area contributed by atoms with E-state index in [1.54, 1.807) is 14.2 Å². The van der Waals surface area contributed by atoms with Crippen LogP contribution in [0.15, 0.2) is 30.6 Å². The molecule has 1 amide bonds. The second-order valence-electron chi connectivity index (χ2n) is 6.89. The van der Waals surface area contributed by atoms with E-state index in [1.165, 1.54) is 19.5 Å². The summed E-state index contributed by atoms with van der Waals surface area (Å²) in [7, 11) is 4.53. The summed E-state index contributed by atoms with van der Waals surface area (Å²) < 4.78 is 35.5. The van der Waals surface area contributed by atoms with Gasteiger partial charge in [0.1, 0.15) is 24.0 Å². The van der Waals surface area contributed by atoms with Crippen LogP contribution in [0.3, 0.4) is 0 Å². The first-order valence-electron chi connectivity index (χ1n) is 9.51. The first kappa shape index (κ1) is 28.2. The van der Waals surface area contributed by atoms with E-state index in [1.807, 2.05) is 13.8 Å². The number of carbonyl (C=O) groups excluding carboxylic acids is 3. The lowest BCUT2D eigenvalue weighted by atomic mass is 10.0. The molecule has 0 heterocycles. The molecule has 2 unspecified atom stereocenters. The number of ether oxygens (including phenoxy) is 2. The summed E-state index contributed by atoms with van der Waals surface area (Å²) in [6.45, 7) is 4.01. The number of amides is 1. The van der Waals surface area contributed by atoms with Crippen LogP contribution in [0.5, 0.6) is 0 Å². The number of hydrogen-bond donors (Lipinski definition) is 2. The minimum absolute atomic E-state index is 0.0123. The zero-order valence-electron chi connectivity index (χ0n) is 18.4. The molecule has 0 fully saturated rings. The number of carbonyl (C=O) groups is 3. The molecule has 0 aliphatic carbocycles. The fourth-order valence-electron chi connectivity index (χ4n) is 2.45. The van der Waals surface area contributed by atoms with Gasteiger partial charge in [-0.2, -0.15) is 0 Å². The second-order valence-corrected chi connectivity index (χ2v) is 6.89. The largest absolute Gasteiger partial charge is 0.468 e. The Morgan fingerprint density at radius 2 is 1.71 bits per heavy atom. The van der Waals surface area contributed by atoms with E-state index in [-0.39, 0.29) is 18.2 Å². The highest BCUT2D eigenvalue weighted by molar-refractivity contribution is 5.77. The Morgan fingerprint density at radius 1 is 1.13 bits per heavy atom. The molecule has 1 rings (SSSR count). The van der Waals surface area contributed by atoms with Gasteiger partial charge in [-0.15, -0.1) is 0 Å². The van der Waals surface area contributed by atoms with E-state index in [2.05, 4.69) is 15.4 Å². The predicted octanol–water partition coefficient (Wildman–Crippen LogP) is 2.00. The van der Waals surface area contributed by atoms with Crippen LogP contribution < -0.4 is 15.5 Å². The Kier molecular flexibility index (Phi) is 14.5. The van der Waals surface area contributed by atoms with Gasteiger partial charge in [-0.25, -0.2) is 8.78 Å².